The van der Waals surface area contributed by atoms with E-state index in [-0.39, 0.29) is 12.0 Å². The maximum Gasteiger partial charge on any atom is 0.409 e. The first-order chi connectivity index (χ1) is 14.0. The summed E-state index contributed by atoms with van der Waals surface area (Å²) >= 11 is 0. The smallest absolute Gasteiger partial charge is 0.409 e. The summed E-state index contributed by atoms with van der Waals surface area (Å²) in [4.78, 5) is 33.3. The van der Waals surface area contributed by atoms with Crippen molar-refractivity contribution >= 4 is 12.0 Å². The summed E-state index contributed by atoms with van der Waals surface area (Å²) in [6.07, 6.45) is 1.40. The van der Waals surface area contributed by atoms with Crippen LogP contribution < -0.4 is 0 Å². The van der Waals surface area contributed by atoms with Crippen molar-refractivity contribution < 1.29 is 14.3 Å². The Morgan fingerprint density at radius 3 is 2.14 bits per heavy atom. The van der Waals surface area contributed by atoms with Crippen LogP contribution >= 0.6 is 0 Å². The minimum Gasteiger partial charge on any atom is -0.450 e. The molecule has 1 fully saturated rings. The molecule has 1 saturated heterocycles. The average molecular weight is 396 g/mol. The molecule has 1 aliphatic heterocycles. The van der Waals surface area contributed by atoms with Crippen LogP contribution in [0.5, 0.6) is 0 Å². The summed E-state index contributed by atoms with van der Waals surface area (Å²) in [6.45, 7) is 8.39. The molecule has 3 rings (SSSR count). The Morgan fingerprint density at radius 2 is 1.59 bits per heavy atom. The Balaban J connectivity index is 1.80. The van der Waals surface area contributed by atoms with Gasteiger partial charge >= 0.3 is 6.09 Å². The predicted octanol–water partition coefficient (Wildman–Crippen LogP) is 3.64. The summed E-state index contributed by atoms with van der Waals surface area (Å²) < 4.78 is 5.07. The van der Waals surface area contributed by atoms with Gasteiger partial charge in [0.2, 0.25) is 5.91 Å². The van der Waals surface area contributed by atoms with Crippen LogP contribution in [-0.4, -0.2) is 59.6 Å². The summed E-state index contributed by atoms with van der Waals surface area (Å²) in [5.41, 5.74) is 2.91. The largest absolute Gasteiger partial charge is 0.450 e. The molecule has 6 nitrogen and oxygen atoms in total. The van der Waals surface area contributed by atoms with Gasteiger partial charge in [-0.05, 0) is 36.1 Å². The van der Waals surface area contributed by atoms with Crippen molar-refractivity contribution in [2.24, 2.45) is 0 Å². The number of rotatable bonds is 5. The van der Waals surface area contributed by atoms with Crippen molar-refractivity contribution in [3.05, 3.63) is 65.5 Å². The molecule has 29 heavy (non-hydrogen) atoms. The van der Waals surface area contributed by atoms with E-state index in [9.17, 15) is 9.59 Å². The molecule has 1 atom stereocenters. The summed E-state index contributed by atoms with van der Waals surface area (Å²) in [6, 6.07) is 13.9. The molecule has 1 aromatic carbocycles. The van der Waals surface area contributed by atoms with Gasteiger partial charge in [-0.15, -0.1) is 0 Å². The zero-order valence-corrected chi connectivity index (χ0v) is 17.4. The molecule has 0 saturated carbocycles. The molecule has 1 aliphatic rings. The normalized spacial score (nSPS) is 15.3. The van der Waals surface area contributed by atoms with E-state index in [0.29, 0.717) is 38.7 Å². The first-order valence-corrected chi connectivity index (χ1v) is 10.2. The highest BCUT2D eigenvalue weighted by atomic mass is 16.6. The van der Waals surface area contributed by atoms with Crippen LogP contribution in [-0.2, 0) is 9.53 Å². The second kappa shape index (κ2) is 9.54. The zero-order chi connectivity index (χ0) is 20.8. The molecule has 0 N–H and O–H groups in total. The lowest BCUT2D eigenvalue weighted by Crippen LogP contribution is -2.51. The van der Waals surface area contributed by atoms with Crippen LogP contribution in [0.25, 0.3) is 0 Å². The second-order valence-electron chi connectivity index (χ2n) is 7.52. The molecule has 0 spiro atoms. The van der Waals surface area contributed by atoms with Gasteiger partial charge in [-0.25, -0.2) is 4.79 Å². The van der Waals surface area contributed by atoms with E-state index in [0.717, 1.165) is 11.3 Å². The van der Waals surface area contributed by atoms with Crippen LogP contribution in [0.15, 0.2) is 48.7 Å². The van der Waals surface area contributed by atoms with Gasteiger partial charge in [-0.2, -0.15) is 0 Å². The lowest BCUT2D eigenvalue weighted by atomic mass is 9.91. The van der Waals surface area contributed by atoms with Gasteiger partial charge in [0.25, 0.3) is 0 Å². The SMILES string of the molecule is CCOC(=O)N1CCN(C(=O)C(c2ccc(C(C)C)cc2)c2ccccn2)CC1. The summed E-state index contributed by atoms with van der Waals surface area (Å²) in [5, 5.41) is 0. The van der Waals surface area contributed by atoms with Gasteiger partial charge in [0, 0.05) is 32.4 Å². The standard InChI is InChI=1S/C23H29N3O3/c1-4-29-23(28)26-15-13-25(14-16-26)22(27)21(20-7-5-6-12-24-20)19-10-8-18(9-11-19)17(2)3/h5-12,17,21H,4,13-16H2,1-3H3. The quantitative estimate of drug-likeness (QED) is 0.775. The molecule has 0 aliphatic carbocycles. The molecule has 2 aromatic rings. The Labute approximate surface area is 172 Å². The fourth-order valence-electron chi connectivity index (χ4n) is 3.57. The van der Waals surface area contributed by atoms with Crippen LogP contribution in [0.1, 0.15) is 49.4 Å². The minimum atomic E-state index is -0.452. The van der Waals surface area contributed by atoms with Crippen LogP contribution in [0.4, 0.5) is 4.79 Å². The molecular weight excluding hydrogens is 366 g/mol. The number of ether oxygens (including phenoxy) is 1. The van der Waals surface area contributed by atoms with E-state index >= 15 is 0 Å². The molecule has 0 bridgehead atoms. The van der Waals surface area contributed by atoms with E-state index in [4.69, 9.17) is 4.74 Å². The van der Waals surface area contributed by atoms with E-state index in [1.54, 1.807) is 18.0 Å². The van der Waals surface area contributed by atoms with Crippen molar-refractivity contribution in [3.8, 4) is 0 Å². The number of carbonyl (C=O) groups is 2. The van der Waals surface area contributed by atoms with Crippen LogP contribution in [0.2, 0.25) is 0 Å². The van der Waals surface area contributed by atoms with Crippen molar-refractivity contribution in [3.63, 3.8) is 0 Å². The van der Waals surface area contributed by atoms with E-state index in [2.05, 4.69) is 31.0 Å². The Hall–Kier alpha value is -2.89. The van der Waals surface area contributed by atoms with Gasteiger partial charge in [0.05, 0.1) is 12.3 Å². The van der Waals surface area contributed by atoms with Crippen molar-refractivity contribution in [2.75, 3.05) is 32.8 Å². The van der Waals surface area contributed by atoms with E-state index < -0.39 is 5.92 Å². The highest BCUT2D eigenvalue weighted by Gasteiger charge is 2.32. The number of carbonyl (C=O) groups excluding carboxylic acids is 2. The molecule has 6 heteroatoms. The van der Waals surface area contributed by atoms with Gasteiger partial charge in [-0.1, -0.05) is 44.2 Å². The van der Waals surface area contributed by atoms with Crippen LogP contribution in [0, 0.1) is 0 Å². The molecule has 0 radical (unpaired) electrons. The number of amides is 2. The van der Waals surface area contributed by atoms with Gasteiger partial charge in [0.1, 0.15) is 5.92 Å². The number of aromatic nitrogens is 1. The lowest BCUT2D eigenvalue weighted by molar-refractivity contribution is -0.133. The molecule has 2 heterocycles. The highest BCUT2D eigenvalue weighted by molar-refractivity contribution is 5.87. The zero-order valence-electron chi connectivity index (χ0n) is 17.4. The van der Waals surface area contributed by atoms with Gasteiger partial charge < -0.3 is 14.5 Å². The van der Waals surface area contributed by atoms with E-state index in [1.165, 1.54) is 5.56 Å². The molecule has 1 unspecified atom stereocenters. The third-order valence-corrected chi connectivity index (χ3v) is 5.28. The maximum absolute atomic E-state index is 13.5. The highest BCUT2D eigenvalue weighted by Crippen LogP contribution is 2.27. The summed E-state index contributed by atoms with van der Waals surface area (Å²) in [7, 11) is 0. The van der Waals surface area contributed by atoms with Gasteiger partial charge in [-0.3, -0.25) is 9.78 Å². The Bertz CT molecular complexity index is 813. The van der Waals surface area contributed by atoms with Crippen molar-refractivity contribution in [1.82, 2.24) is 14.8 Å². The summed E-state index contributed by atoms with van der Waals surface area (Å²) in [5.74, 6) is 0.0000624. The topological polar surface area (TPSA) is 62.7 Å². The Kier molecular flexibility index (Phi) is 6.86. The third-order valence-electron chi connectivity index (χ3n) is 5.28. The number of piperazine rings is 1. The van der Waals surface area contributed by atoms with E-state index in [1.807, 2.05) is 35.2 Å². The first-order valence-electron chi connectivity index (χ1n) is 10.2. The maximum atomic E-state index is 13.5. The Morgan fingerprint density at radius 1 is 0.966 bits per heavy atom. The number of hydrogen-bond acceptors (Lipinski definition) is 4. The number of pyridine rings is 1. The minimum absolute atomic E-state index is 0.0181. The third kappa shape index (κ3) is 4.94. The molecule has 2 amide bonds. The fraction of sp³-hybridized carbons (Fsp3) is 0.435. The molecular formula is C23H29N3O3. The van der Waals surface area contributed by atoms with Gasteiger partial charge in [0.15, 0.2) is 0 Å². The molecule has 154 valence electrons. The van der Waals surface area contributed by atoms with Crippen LogP contribution in [0.3, 0.4) is 0 Å². The second-order valence-corrected chi connectivity index (χ2v) is 7.52. The lowest BCUT2D eigenvalue weighted by Gasteiger charge is -2.35. The monoisotopic (exact) mass is 395 g/mol. The van der Waals surface area contributed by atoms with Crippen molar-refractivity contribution in [1.29, 1.82) is 0 Å². The molecule has 1 aromatic heterocycles. The van der Waals surface area contributed by atoms with Crippen molar-refractivity contribution in [2.45, 2.75) is 32.6 Å². The average Bonchev–Trinajstić information content (AvgIpc) is 2.75. The number of benzene rings is 1. The number of nitrogens with zero attached hydrogens (tertiary/aromatic N) is 3. The fourth-order valence-corrected chi connectivity index (χ4v) is 3.57. The first kappa shape index (κ1) is 20.8. The number of hydrogen-bond donors (Lipinski definition) is 0. The predicted molar refractivity (Wildman–Crippen MR) is 112 cm³/mol.